The average Bonchev–Trinajstić information content (AvgIpc) is 2.68. The second-order valence-corrected chi connectivity index (χ2v) is 3.33. The van der Waals surface area contributed by atoms with Crippen molar-refractivity contribution in [2.45, 2.75) is 13.8 Å². The van der Waals surface area contributed by atoms with E-state index in [9.17, 15) is 4.79 Å². The number of rotatable bonds is 2. The van der Waals surface area contributed by atoms with Crippen molar-refractivity contribution in [3.05, 3.63) is 35.7 Å². The minimum absolute atomic E-state index is 0.126. The Morgan fingerprint density at radius 1 is 1.44 bits per heavy atom. The smallest absolute Gasteiger partial charge is 0.295 e. The largest absolute Gasteiger partial charge is 0.318 e. The first-order chi connectivity index (χ1) is 7.66. The van der Waals surface area contributed by atoms with Gasteiger partial charge in [0.15, 0.2) is 0 Å². The van der Waals surface area contributed by atoms with E-state index >= 15 is 0 Å². The number of aromatic amines is 1. The molecule has 1 amide bonds. The van der Waals surface area contributed by atoms with Gasteiger partial charge in [-0.1, -0.05) is 0 Å². The summed E-state index contributed by atoms with van der Waals surface area (Å²) >= 11 is 0. The lowest BCUT2D eigenvalue weighted by Crippen LogP contribution is -2.14. The van der Waals surface area contributed by atoms with Crippen molar-refractivity contribution >= 4 is 11.6 Å². The van der Waals surface area contributed by atoms with Gasteiger partial charge in [-0.3, -0.25) is 14.9 Å². The average molecular weight is 217 g/mol. The number of hydrogen-bond donors (Lipinski definition) is 2. The van der Waals surface area contributed by atoms with E-state index in [2.05, 4.69) is 25.5 Å². The molecule has 6 nitrogen and oxygen atoms in total. The summed E-state index contributed by atoms with van der Waals surface area (Å²) in [4.78, 5) is 19.7. The Hall–Kier alpha value is -2.24. The van der Waals surface area contributed by atoms with Crippen molar-refractivity contribution in [3.8, 4) is 0 Å². The molecule has 0 bridgehead atoms. The molecule has 0 aliphatic carbocycles. The van der Waals surface area contributed by atoms with Gasteiger partial charge in [-0.05, 0) is 26.0 Å². The van der Waals surface area contributed by atoms with Gasteiger partial charge < -0.3 is 5.32 Å². The fraction of sp³-hybridized carbons (Fsp3) is 0.200. The molecule has 0 aromatic carbocycles. The molecule has 0 radical (unpaired) electrons. The Bertz CT molecular complexity index is 519. The van der Waals surface area contributed by atoms with Crippen molar-refractivity contribution in [3.63, 3.8) is 0 Å². The van der Waals surface area contributed by atoms with Crippen LogP contribution in [0, 0.1) is 13.8 Å². The molecule has 82 valence electrons. The molecule has 0 saturated heterocycles. The maximum absolute atomic E-state index is 11.7. The molecule has 2 aromatic heterocycles. The molecule has 16 heavy (non-hydrogen) atoms. The summed E-state index contributed by atoms with van der Waals surface area (Å²) in [5.74, 6) is 0.384. The fourth-order valence-electron chi connectivity index (χ4n) is 1.24. The third-order valence-corrected chi connectivity index (χ3v) is 2.06. The summed E-state index contributed by atoms with van der Waals surface area (Å²) in [5.41, 5.74) is 1.41. The van der Waals surface area contributed by atoms with Crippen molar-refractivity contribution < 1.29 is 4.79 Å². The number of anilines is 1. The Morgan fingerprint density at radius 3 is 2.88 bits per heavy atom. The van der Waals surface area contributed by atoms with Crippen LogP contribution in [0.3, 0.4) is 0 Å². The standard InChI is InChI=1S/C10H11N5O/c1-6-8(4-3-5-11-6)13-10(16)9-12-7(2)14-15-9/h3-5H,1-2H3,(H,13,16)(H,12,14,15). The SMILES string of the molecule is Cc1nc(C(=O)Nc2cccnc2C)n[nH]1. The zero-order chi connectivity index (χ0) is 11.5. The summed E-state index contributed by atoms with van der Waals surface area (Å²) in [7, 11) is 0. The summed E-state index contributed by atoms with van der Waals surface area (Å²) in [6, 6.07) is 3.53. The van der Waals surface area contributed by atoms with Gasteiger partial charge in [0.25, 0.3) is 5.91 Å². The van der Waals surface area contributed by atoms with Gasteiger partial charge in [0.1, 0.15) is 5.82 Å². The van der Waals surface area contributed by atoms with E-state index in [1.54, 1.807) is 25.3 Å². The molecule has 6 heteroatoms. The number of aryl methyl sites for hydroxylation is 2. The number of H-pyrrole nitrogens is 1. The first-order valence-electron chi connectivity index (χ1n) is 4.79. The summed E-state index contributed by atoms with van der Waals surface area (Å²) < 4.78 is 0. The lowest BCUT2D eigenvalue weighted by Gasteiger charge is -2.04. The maximum atomic E-state index is 11.7. The van der Waals surface area contributed by atoms with Crippen molar-refractivity contribution in [2.24, 2.45) is 0 Å². The molecule has 2 aromatic rings. The van der Waals surface area contributed by atoms with Crippen LogP contribution in [-0.2, 0) is 0 Å². The fourth-order valence-corrected chi connectivity index (χ4v) is 1.24. The van der Waals surface area contributed by atoms with Crippen LogP contribution in [-0.4, -0.2) is 26.1 Å². The van der Waals surface area contributed by atoms with Crippen LogP contribution in [0.5, 0.6) is 0 Å². The van der Waals surface area contributed by atoms with Crippen LogP contribution < -0.4 is 5.32 Å². The lowest BCUT2D eigenvalue weighted by atomic mass is 10.3. The van der Waals surface area contributed by atoms with Gasteiger partial charge in [-0.25, -0.2) is 4.98 Å². The quantitative estimate of drug-likeness (QED) is 0.788. The molecule has 0 saturated carbocycles. The van der Waals surface area contributed by atoms with E-state index < -0.39 is 0 Å². The van der Waals surface area contributed by atoms with Gasteiger partial charge >= 0.3 is 0 Å². The van der Waals surface area contributed by atoms with Crippen molar-refractivity contribution in [1.29, 1.82) is 0 Å². The van der Waals surface area contributed by atoms with E-state index in [0.29, 0.717) is 11.5 Å². The number of amides is 1. The predicted molar refractivity (Wildman–Crippen MR) is 58.0 cm³/mol. The second kappa shape index (κ2) is 4.09. The third-order valence-electron chi connectivity index (χ3n) is 2.06. The molecule has 2 rings (SSSR count). The highest BCUT2D eigenvalue weighted by molar-refractivity contribution is 6.01. The van der Waals surface area contributed by atoms with E-state index in [4.69, 9.17) is 0 Å². The number of carbonyl (C=O) groups is 1. The minimum atomic E-state index is -0.347. The van der Waals surface area contributed by atoms with E-state index in [1.807, 2.05) is 6.92 Å². The Kier molecular flexibility index (Phi) is 2.63. The van der Waals surface area contributed by atoms with E-state index in [0.717, 1.165) is 5.69 Å². The predicted octanol–water partition coefficient (Wildman–Crippen LogP) is 1.07. The van der Waals surface area contributed by atoms with Crippen molar-refractivity contribution in [2.75, 3.05) is 5.32 Å². The highest BCUT2D eigenvalue weighted by Crippen LogP contribution is 2.10. The van der Waals surface area contributed by atoms with Crippen LogP contribution in [0.15, 0.2) is 18.3 Å². The van der Waals surface area contributed by atoms with Crippen molar-refractivity contribution in [1.82, 2.24) is 20.2 Å². The Morgan fingerprint density at radius 2 is 2.25 bits per heavy atom. The van der Waals surface area contributed by atoms with Crippen LogP contribution in [0.2, 0.25) is 0 Å². The molecule has 2 N–H and O–H groups in total. The van der Waals surface area contributed by atoms with E-state index in [-0.39, 0.29) is 11.7 Å². The zero-order valence-electron chi connectivity index (χ0n) is 8.98. The second-order valence-electron chi connectivity index (χ2n) is 3.33. The molecule has 0 fully saturated rings. The monoisotopic (exact) mass is 217 g/mol. The summed E-state index contributed by atoms with van der Waals surface area (Å²) in [6.07, 6.45) is 1.67. The van der Waals surface area contributed by atoms with Crippen LogP contribution in [0.4, 0.5) is 5.69 Å². The molecule has 0 aliphatic rings. The number of carbonyl (C=O) groups excluding carboxylic acids is 1. The molecule has 2 heterocycles. The third kappa shape index (κ3) is 2.05. The van der Waals surface area contributed by atoms with Gasteiger partial charge in [0, 0.05) is 6.20 Å². The molecular formula is C10H11N5O. The first kappa shape index (κ1) is 10.3. The zero-order valence-corrected chi connectivity index (χ0v) is 8.98. The van der Waals surface area contributed by atoms with Gasteiger partial charge in [0.2, 0.25) is 5.82 Å². The summed E-state index contributed by atoms with van der Waals surface area (Å²) in [5, 5.41) is 9.08. The first-order valence-corrected chi connectivity index (χ1v) is 4.79. The van der Waals surface area contributed by atoms with Gasteiger partial charge in [-0.15, -0.1) is 5.10 Å². The van der Waals surface area contributed by atoms with Gasteiger partial charge in [0.05, 0.1) is 11.4 Å². The topological polar surface area (TPSA) is 83.6 Å². The molecular weight excluding hydrogens is 206 g/mol. The Balaban J connectivity index is 2.17. The van der Waals surface area contributed by atoms with Crippen LogP contribution >= 0.6 is 0 Å². The molecule has 0 spiro atoms. The maximum Gasteiger partial charge on any atom is 0.295 e. The minimum Gasteiger partial charge on any atom is -0.318 e. The van der Waals surface area contributed by atoms with Crippen LogP contribution in [0.25, 0.3) is 0 Å². The number of pyridine rings is 1. The lowest BCUT2D eigenvalue weighted by molar-refractivity contribution is 0.101. The van der Waals surface area contributed by atoms with E-state index in [1.165, 1.54) is 0 Å². The molecule has 0 atom stereocenters. The molecule has 0 unspecified atom stereocenters. The normalized spacial score (nSPS) is 10.1. The Labute approximate surface area is 92.1 Å². The highest BCUT2D eigenvalue weighted by atomic mass is 16.2. The number of hydrogen-bond acceptors (Lipinski definition) is 4. The highest BCUT2D eigenvalue weighted by Gasteiger charge is 2.12. The molecule has 0 aliphatic heterocycles. The van der Waals surface area contributed by atoms with Crippen LogP contribution in [0.1, 0.15) is 22.1 Å². The summed E-state index contributed by atoms with van der Waals surface area (Å²) in [6.45, 7) is 3.55. The van der Waals surface area contributed by atoms with Gasteiger partial charge in [-0.2, -0.15) is 0 Å². The number of aromatic nitrogens is 4. The number of nitrogens with zero attached hydrogens (tertiary/aromatic N) is 3. The number of nitrogens with one attached hydrogen (secondary N) is 2.